The predicted molar refractivity (Wildman–Crippen MR) is 161 cm³/mol. The topological polar surface area (TPSA) is 155 Å². The second kappa shape index (κ2) is 14.6. The van der Waals surface area contributed by atoms with E-state index in [1.807, 2.05) is 60.9 Å². The van der Waals surface area contributed by atoms with E-state index in [1.165, 1.54) is 11.8 Å². The van der Waals surface area contributed by atoms with Gasteiger partial charge in [0.05, 0.1) is 0 Å². The zero-order valence-corrected chi connectivity index (χ0v) is 24.7. The number of hydrogen-bond donors (Lipinski definition) is 5. The molecule has 0 aliphatic carbocycles. The minimum absolute atomic E-state index is 0.157. The van der Waals surface area contributed by atoms with Gasteiger partial charge in [0, 0.05) is 29.9 Å². The number of nitrogens with two attached hydrogens (primary N) is 1. The van der Waals surface area contributed by atoms with Gasteiger partial charge in [-0.15, -0.1) is 0 Å². The monoisotopic (exact) mass is 581 g/mol. The first-order chi connectivity index (χ1) is 19.5. The van der Waals surface area contributed by atoms with Gasteiger partial charge in [-0.2, -0.15) is 11.8 Å². The summed E-state index contributed by atoms with van der Waals surface area (Å²) in [7, 11) is 0. The van der Waals surface area contributed by atoms with E-state index < -0.39 is 47.5 Å². The number of primary amides is 1. The summed E-state index contributed by atoms with van der Waals surface area (Å²) in [5, 5.41) is 9.08. The quantitative estimate of drug-likeness (QED) is 0.209. The number of para-hydroxylation sites is 1. The summed E-state index contributed by atoms with van der Waals surface area (Å²) in [6, 6.07) is 13.9. The second-order valence-electron chi connectivity index (χ2n) is 10.8. The van der Waals surface area contributed by atoms with Crippen LogP contribution < -0.4 is 21.7 Å². The molecule has 0 radical (unpaired) electrons. The third kappa shape index (κ3) is 9.86. The molecule has 11 heteroatoms. The lowest BCUT2D eigenvalue weighted by Crippen LogP contribution is -2.57. The maximum Gasteiger partial charge on any atom is 0.408 e. The minimum Gasteiger partial charge on any atom is -0.444 e. The fourth-order valence-electron chi connectivity index (χ4n) is 4.30. The maximum absolute atomic E-state index is 13.6. The average Bonchev–Trinajstić information content (AvgIpc) is 3.32. The number of alkyl carbamates (subject to hydrolysis) is 1. The third-order valence-corrected chi connectivity index (χ3v) is 6.94. The first-order valence-corrected chi connectivity index (χ1v) is 14.8. The van der Waals surface area contributed by atoms with Crippen LogP contribution in [0.1, 0.15) is 38.3 Å². The van der Waals surface area contributed by atoms with Gasteiger partial charge in [-0.1, -0.05) is 48.5 Å². The van der Waals surface area contributed by atoms with Crippen LogP contribution in [0.25, 0.3) is 10.9 Å². The molecule has 4 amide bonds. The van der Waals surface area contributed by atoms with Crippen molar-refractivity contribution in [3.8, 4) is 0 Å². The van der Waals surface area contributed by atoms with Crippen LogP contribution >= 0.6 is 11.8 Å². The van der Waals surface area contributed by atoms with E-state index in [-0.39, 0.29) is 12.8 Å². The maximum atomic E-state index is 13.6. The van der Waals surface area contributed by atoms with Crippen LogP contribution in [-0.2, 0) is 32.0 Å². The number of H-pyrrole nitrogens is 1. The van der Waals surface area contributed by atoms with Gasteiger partial charge in [-0.25, -0.2) is 4.79 Å². The normalized spacial score (nSPS) is 13.6. The van der Waals surface area contributed by atoms with Crippen LogP contribution in [0.3, 0.4) is 0 Å². The van der Waals surface area contributed by atoms with Gasteiger partial charge in [0.2, 0.25) is 17.7 Å². The van der Waals surface area contributed by atoms with Crippen molar-refractivity contribution in [3.05, 3.63) is 71.9 Å². The lowest BCUT2D eigenvalue weighted by Gasteiger charge is -2.26. The Balaban J connectivity index is 1.80. The van der Waals surface area contributed by atoms with E-state index in [1.54, 1.807) is 27.0 Å². The van der Waals surface area contributed by atoms with Gasteiger partial charge < -0.3 is 31.4 Å². The molecule has 3 atom stereocenters. The Labute approximate surface area is 244 Å². The third-order valence-electron chi connectivity index (χ3n) is 6.29. The van der Waals surface area contributed by atoms with Gasteiger partial charge >= 0.3 is 6.09 Å². The van der Waals surface area contributed by atoms with Crippen LogP contribution in [0.15, 0.2) is 60.8 Å². The highest BCUT2D eigenvalue weighted by atomic mass is 32.2. The van der Waals surface area contributed by atoms with Gasteiger partial charge in [-0.3, -0.25) is 14.4 Å². The molecule has 0 bridgehead atoms. The van der Waals surface area contributed by atoms with E-state index in [9.17, 15) is 19.2 Å². The van der Waals surface area contributed by atoms with Crippen LogP contribution in [0.4, 0.5) is 4.79 Å². The van der Waals surface area contributed by atoms with E-state index in [2.05, 4.69) is 20.9 Å². The first-order valence-electron chi connectivity index (χ1n) is 13.4. The van der Waals surface area contributed by atoms with E-state index >= 15 is 0 Å². The molecule has 41 heavy (non-hydrogen) atoms. The fourth-order valence-corrected chi connectivity index (χ4v) is 4.77. The number of amides is 4. The number of ether oxygens (including phenoxy) is 1. The summed E-state index contributed by atoms with van der Waals surface area (Å²) >= 11 is 1.52. The molecule has 1 heterocycles. The number of hydrogen-bond acceptors (Lipinski definition) is 6. The fraction of sp³-hybridized carbons (Fsp3) is 0.400. The number of aromatic nitrogens is 1. The molecule has 0 saturated heterocycles. The molecule has 0 fully saturated rings. The van der Waals surface area contributed by atoms with Crippen LogP contribution in [0.5, 0.6) is 0 Å². The van der Waals surface area contributed by atoms with Crippen LogP contribution in [0, 0.1) is 0 Å². The summed E-state index contributed by atoms with van der Waals surface area (Å²) in [5.74, 6) is -1.19. The number of aromatic amines is 1. The number of carbonyl (C=O) groups is 4. The van der Waals surface area contributed by atoms with E-state index in [4.69, 9.17) is 10.5 Å². The van der Waals surface area contributed by atoms with Crippen LogP contribution in [0.2, 0.25) is 0 Å². The van der Waals surface area contributed by atoms with Crippen molar-refractivity contribution in [1.29, 1.82) is 0 Å². The van der Waals surface area contributed by atoms with Crippen molar-refractivity contribution in [2.24, 2.45) is 5.73 Å². The number of carbonyl (C=O) groups excluding carboxylic acids is 4. The number of thioether (sulfide) groups is 1. The molecule has 2 aromatic carbocycles. The van der Waals surface area contributed by atoms with Crippen molar-refractivity contribution in [1.82, 2.24) is 20.9 Å². The summed E-state index contributed by atoms with van der Waals surface area (Å²) in [5.41, 5.74) is 7.38. The molecule has 0 aliphatic heterocycles. The molecule has 220 valence electrons. The number of fused-ring (bicyclic) bond motifs is 1. The second-order valence-corrected chi connectivity index (χ2v) is 11.7. The molecular formula is C30H39N5O5S. The molecule has 1 aromatic heterocycles. The van der Waals surface area contributed by atoms with Crippen molar-refractivity contribution < 1.29 is 23.9 Å². The van der Waals surface area contributed by atoms with E-state index in [0.29, 0.717) is 12.2 Å². The highest BCUT2D eigenvalue weighted by molar-refractivity contribution is 7.98. The zero-order chi connectivity index (χ0) is 30.0. The summed E-state index contributed by atoms with van der Waals surface area (Å²) in [6.45, 7) is 5.19. The highest BCUT2D eigenvalue weighted by Crippen LogP contribution is 2.20. The van der Waals surface area contributed by atoms with Crippen molar-refractivity contribution in [3.63, 3.8) is 0 Å². The Morgan fingerprint density at radius 2 is 1.51 bits per heavy atom. The molecule has 6 N–H and O–H groups in total. The predicted octanol–water partition coefficient (Wildman–Crippen LogP) is 3.05. The van der Waals surface area contributed by atoms with Gasteiger partial charge in [0.25, 0.3) is 0 Å². The minimum atomic E-state index is -1.04. The van der Waals surface area contributed by atoms with Gasteiger partial charge in [-0.05, 0) is 56.4 Å². The smallest absolute Gasteiger partial charge is 0.408 e. The molecule has 0 saturated carbocycles. The van der Waals surface area contributed by atoms with Crippen molar-refractivity contribution >= 4 is 46.5 Å². The summed E-state index contributed by atoms with van der Waals surface area (Å²) in [4.78, 5) is 55.0. The Hall–Kier alpha value is -3.99. The first kappa shape index (κ1) is 31.5. The molecule has 3 aromatic rings. The van der Waals surface area contributed by atoms with Crippen molar-refractivity contribution in [2.75, 3.05) is 12.0 Å². The molecular weight excluding hydrogens is 542 g/mol. The lowest BCUT2D eigenvalue weighted by molar-refractivity contribution is -0.132. The lowest BCUT2D eigenvalue weighted by atomic mass is 10.0. The zero-order valence-electron chi connectivity index (χ0n) is 23.9. The number of nitrogens with one attached hydrogen (secondary N) is 4. The number of benzene rings is 2. The van der Waals surface area contributed by atoms with Gasteiger partial charge in [0.1, 0.15) is 23.7 Å². The SMILES string of the molecule is CSCC[C@H](NC(=O)[C@@H](Cc1c[nH]c2ccccc12)NC(=O)OC(C)(C)C)C(=O)N[C@H](Cc1ccccc1)C(N)=O. The van der Waals surface area contributed by atoms with Crippen LogP contribution in [-0.4, -0.2) is 64.5 Å². The average molecular weight is 582 g/mol. The molecule has 0 spiro atoms. The van der Waals surface area contributed by atoms with E-state index in [0.717, 1.165) is 22.0 Å². The molecule has 3 rings (SSSR count). The van der Waals surface area contributed by atoms with Gasteiger partial charge in [0.15, 0.2) is 0 Å². The standard InChI is InChI=1S/C30H39N5O5S/c1-30(2,3)40-29(39)35-25(17-20-18-32-22-13-9-8-12-21(20)22)28(38)33-23(14-15-41-4)27(37)34-24(26(31)36)16-19-10-6-5-7-11-19/h5-13,18,23-25,32H,14-17H2,1-4H3,(H2,31,36)(H,33,38)(H,34,37)(H,35,39)/t23-,24+,25+/m0/s1. The Bertz CT molecular complexity index is 1340. The summed E-state index contributed by atoms with van der Waals surface area (Å²) < 4.78 is 5.41. The Morgan fingerprint density at radius 3 is 2.17 bits per heavy atom. The van der Waals surface area contributed by atoms with Crippen molar-refractivity contribution in [2.45, 2.75) is 63.8 Å². The number of rotatable bonds is 13. The molecule has 10 nitrogen and oxygen atoms in total. The molecule has 0 unspecified atom stereocenters. The summed E-state index contributed by atoms with van der Waals surface area (Å²) in [6.07, 6.45) is 3.61. The largest absolute Gasteiger partial charge is 0.444 e. The Morgan fingerprint density at radius 1 is 0.878 bits per heavy atom. The Kier molecular flexibility index (Phi) is 11.2. The molecule has 0 aliphatic rings. The highest BCUT2D eigenvalue weighted by Gasteiger charge is 2.30.